The molecule has 2 heterocycles. The van der Waals surface area contributed by atoms with Crippen molar-refractivity contribution in [3.8, 4) is 0 Å². The number of alkyl halides is 1. The SMILES string of the molecule is COC(=O)[C@H]1[C@@H]2ON(c3ccccc3)C[C@@H](I)[C@@H]2N(c2ccc(Cl)cc2)[C@H]1c1ccccc1. The smallest absolute Gasteiger partial charge is 0.313 e. The van der Waals surface area contributed by atoms with E-state index in [1.165, 1.54) is 7.11 Å². The van der Waals surface area contributed by atoms with Gasteiger partial charge in [0.25, 0.3) is 0 Å². The van der Waals surface area contributed by atoms with Crippen molar-refractivity contribution >= 4 is 51.5 Å². The number of ether oxygens (including phenoxy) is 1. The summed E-state index contributed by atoms with van der Waals surface area (Å²) in [5, 5.41) is 2.60. The summed E-state index contributed by atoms with van der Waals surface area (Å²) in [7, 11) is 1.45. The van der Waals surface area contributed by atoms with Gasteiger partial charge in [-0.05, 0) is 42.0 Å². The van der Waals surface area contributed by atoms with Crippen LogP contribution >= 0.6 is 34.2 Å². The lowest BCUT2D eigenvalue weighted by Gasteiger charge is -2.43. The highest BCUT2D eigenvalue weighted by atomic mass is 127. The van der Waals surface area contributed by atoms with Crippen molar-refractivity contribution in [2.24, 2.45) is 5.92 Å². The van der Waals surface area contributed by atoms with Gasteiger partial charge in [-0.15, -0.1) is 0 Å². The van der Waals surface area contributed by atoms with E-state index in [1.807, 2.05) is 77.9 Å². The Kier molecular flexibility index (Phi) is 6.49. The van der Waals surface area contributed by atoms with Gasteiger partial charge in [0.2, 0.25) is 0 Å². The first-order valence-corrected chi connectivity index (χ1v) is 12.5. The lowest BCUT2D eigenvalue weighted by atomic mass is 9.90. The first-order valence-electron chi connectivity index (χ1n) is 10.9. The molecule has 33 heavy (non-hydrogen) atoms. The summed E-state index contributed by atoms with van der Waals surface area (Å²) in [5.74, 6) is -0.768. The Labute approximate surface area is 212 Å². The number of hydroxylamine groups is 1. The van der Waals surface area contributed by atoms with Crippen molar-refractivity contribution < 1.29 is 14.4 Å². The van der Waals surface area contributed by atoms with Crippen LogP contribution in [0.2, 0.25) is 5.02 Å². The second-order valence-electron chi connectivity index (χ2n) is 8.26. The van der Waals surface area contributed by atoms with Crippen LogP contribution in [0.25, 0.3) is 0 Å². The highest BCUT2D eigenvalue weighted by Gasteiger charge is 2.59. The third kappa shape index (κ3) is 4.20. The van der Waals surface area contributed by atoms with Gasteiger partial charge in [0.15, 0.2) is 0 Å². The number of carbonyl (C=O) groups excluding carboxylic acids is 1. The maximum atomic E-state index is 13.3. The number of esters is 1. The summed E-state index contributed by atoms with van der Waals surface area (Å²) in [6, 6.07) is 27.7. The fraction of sp³-hybridized carbons (Fsp3) is 0.269. The third-order valence-corrected chi connectivity index (χ3v) is 7.78. The summed E-state index contributed by atoms with van der Waals surface area (Å²) in [6.07, 6.45) is -0.380. The van der Waals surface area contributed by atoms with E-state index in [0.717, 1.165) is 16.9 Å². The second-order valence-corrected chi connectivity index (χ2v) is 10.3. The number of nitrogens with zero attached hydrogens (tertiary/aromatic N) is 2. The van der Waals surface area contributed by atoms with Crippen LogP contribution in [-0.2, 0) is 14.4 Å². The van der Waals surface area contributed by atoms with Gasteiger partial charge in [-0.25, -0.2) is 0 Å². The standard InChI is InChI=1S/C26H24ClIN2O3/c1-32-26(31)22-23(17-8-4-2-5-9-17)30(20-14-12-18(27)13-15-20)24-21(28)16-29(33-25(22)24)19-10-6-3-7-11-19/h2-15,21-25H,16H2,1H3/t21-,22-,23+,24+,25+/m1/s1. The summed E-state index contributed by atoms with van der Waals surface area (Å²) < 4.78 is 5.52. The fourth-order valence-corrected chi connectivity index (χ4v) is 6.24. The van der Waals surface area contributed by atoms with E-state index < -0.39 is 5.92 Å². The van der Waals surface area contributed by atoms with Gasteiger partial charge >= 0.3 is 5.97 Å². The van der Waals surface area contributed by atoms with E-state index in [1.54, 1.807) is 0 Å². The maximum absolute atomic E-state index is 13.3. The Morgan fingerprint density at radius 1 is 0.970 bits per heavy atom. The zero-order valence-electron chi connectivity index (χ0n) is 18.1. The molecule has 0 bridgehead atoms. The number of fused-ring (bicyclic) bond motifs is 1. The molecule has 2 aliphatic rings. The van der Waals surface area contributed by atoms with E-state index in [4.69, 9.17) is 21.2 Å². The molecule has 2 fully saturated rings. The molecule has 5 atom stereocenters. The van der Waals surface area contributed by atoms with Crippen molar-refractivity contribution in [2.45, 2.75) is 22.1 Å². The molecule has 7 heteroatoms. The molecule has 0 radical (unpaired) electrons. The average molecular weight is 575 g/mol. The molecule has 0 amide bonds. The maximum Gasteiger partial charge on any atom is 0.313 e. The van der Waals surface area contributed by atoms with Crippen LogP contribution in [0.15, 0.2) is 84.9 Å². The van der Waals surface area contributed by atoms with Gasteiger partial charge in [0.05, 0.1) is 35.4 Å². The summed E-state index contributed by atoms with van der Waals surface area (Å²) >= 11 is 8.70. The summed E-state index contributed by atoms with van der Waals surface area (Å²) in [6.45, 7) is 0.700. The first-order chi connectivity index (χ1) is 16.1. The molecule has 3 aromatic carbocycles. The molecule has 0 N–H and O–H groups in total. The van der Waals surface area contributed by atoms with Crippen molar-refractivity contribution in [1.82, 2.24) is 0 Å². The highest BCUT2D eigenvalue weighted by Crippen LogP contribution is 2.50. The quantitative estimate of drug-likeness (QED) is 0.228. The molecule has 0 aliphatic carbocycles. The normalized spacial score (nSPS) is 26.7. The molecule has 0 saturated carbocycles. The minimum atomic E-state index is -0.498. The lowest BCUT2D eigenvalue weighted by Crippen LogP contribution is -2.56. The molecule has 3 aromatic rings. The molecule has 0 aromatic heterocycles. The molecule has 0 spiro atoms. The van der Waals surface area contributed by atoms with E-state index in [2.05, 4.69) is 39.6 Å². The molecule has 5 nitrogen and oxygen atoms in total. The van der Waals surface area contributed by atoms with Crippen LogP contribution in [-0.4, -0.2) is 35.7 Å². The van der Waals surface area contributed by atoms with Gasteiger partial charge in [0.1, 0.15) is 12.0 Å². The van der Waals surface area contributed by atoms with Crippen LogP contribution in [0.5, 0.6) is 0 Å². The van der Waals surface area contributed by atoms with Crippen LogP contribution in [0.3, 0.4) is 0 Å². The third-order valence-electron chi connectivity index (χ3n) is 6.39. The second kappa shape index (κ2) is 9.52. The van der Waals surface area contributed by atoms with E-state index in [0.29, 0.717) is 11.6 Å². The van der Waals surface area contributed by atoms with E-state index >= 15 is 0 Å². The Bertz CT molecular complexity index is 1100. The molecule has 5 rings (SSSR count). The number of anilines is 2. The van der Waals surface area contributed by atoms with Crippen LogP contribution in [0.4, 0.5) is 11.4 Å². The Morgan fingerprint density at radius 2 is 1.61 bits per heavy atom. The number of rotatable bonds is 4. The zero-order chi connectivity index (χ0) is 22.9. The Hall–Kier alpha value is -2.29. The van der Waals surface area contributed by atoms with Crippen LogP contribution < -0.4 is 9.96 Å². The van der Waals surface area contributed by atoms with Gasteiger partial charge in [-0.3, -0.25) is 14.7 Å². The molecular formula is C26H24ClIN2O3. The van der Waals surface area contributed by atoms with Crippen molar-refractivity contribution in [3.05, 3.63) is 95.5 Å². The van der Waals surface area contributed by atoms with Gasteiger partial charge in [0, 0.05) is 10.7 Å². The fourth-order valence-electron chi connectivity index (χ4n) is 5.00. The lowest BCUT2D eigenvalue weighted by molar-refractivity contribution is -0.152. The zero-order valence-corrected chi connectivity index (χ0v) is 21.0. The molecular weight excluding hydrogens is 551 g/mol. The number of hydrogen-bond donors (Lipinski definition) is 0. The summed E-state index contributed by atoms with van der Waals surface area (Å²) in [5.41, 5.74) is 3.03. The highest BCUT2D eigenvalue weighted by molar-refractivity contribution is 14.1. The average Bonchev–Trinajstić information content (AvgIpc) is 3.21. The Balaban J connectivity index is 1.63. The molecule has 2 aliphatic heterocycles. The number of hydrogen-bond acceptors (Lipinski definition) is 5. The number of methoxy groups -OCH3 is 1. The van der Waals surface area contributed by atoms with Gasteiger partial charge < -0.3 is 9.64 Å². The molecule has 0 unspecified atom stereocenters. The Morgan fingerprint density at radius 3 is 2.24 bits per heavy atom. The molecule has 2 saturated heterocycles. The largest absolute Gasteiger partial charge is 0.469 e. The first kappa shape index (κ1) is 22.5. The minimum absolute atomic E-state index is 0.0268. The number of benzene rings is 3. The predicted molar refractivity (Wildman–Crippen MR) is 139 cm³/mol. The summed E-state index contributed by atoms with van der Waals surface area (Å²) in [4.78, 5) is 22.2. The van der Waals surface area contributed by atoms with Gasteiger partial charge in [-0.2, -0.15) is 0 Å². The monoisotopic (exact) mass is 574 g/mol. The van der Waals surface area contributed by atoms with E-state index in [9.17, 15) is 4.79 Å². The van der Waals surface area contributed by atoms with E-state index in [-0.39, 0.29) is 28.1 Å². The number of para-hydroxylation sites is 1. The molecule has 170 valence electrons. The van der Waals surface area contributed by atoms with Crippen molar-refractivity contribution in [2.75, 3.05) is 23.6 Å². The minimum Gasteiger partial charge on any atom is -0.469 e. The number of halogens is 2. The predicted octanol–water partition coefficient (Wildman–Crippen LogP) is 5.68. The van der Waals surface area contributed by atoms with Crippen molar-refractivity contribution in [3.63, 3.8) is 0 Å². The van der Waals surface area contributed by atoms with Crippen molar-refractivity contribution in [1.29, 1.82) is 0 Å². The topological polar surface area (TPSA) is 42.0 Å². The number of carbonyl (C=O) groups is 1. The van der Waals surface area contributed by atoms with Crippen LogP contribution in [0, 0.1) is 5.92 Å². The van der Waals surface area contributed by atoms with Gasteiger partial charge in [-0.1, -0.05) is 82.7 Å². The van der Waals surface area contributed by atoms with Crippen LogP contribution in [0.1, 0.15) is 11.6 Å².